The van der Waals surface area contributed by atoms with Gasteiger partial charge in [-0.2, -0.15) is 0 Å². The van der Waals surface area contributed by atoms with Gasteiger partial charge in [0.2, 0.25) is 10.0 Å². The van der Waals surface area contributed by atoms with Crippen LogP contribution in [0.4, 0.5) is 5.69 Å². The number of hydrogen-bond acceptors (Lipinski definition) is 4. The average Bonchev–Trinajstić information content (AvgIpc) is 2.36. The Morgan fingerprint density at radius 1 is 1.33 bits per heavy atom. The molecule has 0 saturated carbocycles. The molecule has 102 valence electrons. The summed E-state index contributed by atoms with van der Waals surface area (Å²) in [6, 6.07) is 4.48. The van der Waals surface area contributed by atoms with Crippen LogP contribution in [-0.2, 0) is 10.0 Å². The molecule has 0 heterocycles. The van der Waals surface area contributed by atoms with Crippen molar-refractivity contribution >= 4 is 15.7 Å². The highest BCUT2D eigenvalue weighted by Crippen LogP contribution is 2.26. The molecule has 0 unspecified atom stereocenters. The zero-order valence-corrected chi connectivity index (χ0v) is 11.8. The molecule has 1 aromatic carbocycles. The maximum Gasteiger partial charge on any atom is 0.244 e. The summed E-state index contributed by atoms with van der Waals surface area (Å²) in [5.41, 5.74) is 6.02. The van der Waals surface area contributed by atoms with Gasteiger partial charge in [-0.15, -0.1) is 0 Å². The molecule has 18 heavy (non-hydrogen) atoms. The van der Waals surface area contributed by atoms with Crippen molar-refractivity contribution in [1.29, 1.82) is 0 Å². The SMILES string of the molecule is CCC(CC)NS(=O)(=O)c1cc(N)ccc1OC. The van der Waals surface area contributed by atoms with E-state index >= 15 is 0 Å². The van der Waals surface area contributed by atoms with E-state index in [2.05, 4.69) is 4.72 Å². The van der Waals surface area contributed by atoms with Gasteiger partial charge in [0.25, 0.3) is 0 Å². The van der Waals surface area contributed by atoms with Crippen molar-refractivity contribution in [2.45, 2.75) is 37.6 Å². The molecule has 0 amide bonds. The standard InChI is InChI=1S/C12H20N2O3S/c1-4-10(5-2)14-18(15,16)12-8-9(13)6-7-11(12)17-3/h6-8,10,14H,4-5,13H2,1-3H3. The number of anilines is 1. The van der Waals surface area contributed by atoms with Crippen molar-refractivity contribution in [1.82, 2.24) is 4.72 Å². The zero-order valence-electron chi connectivity index (χ0n) is 10.9. The number of hydrogen-bond donors (Lipinski definition) is 2. The Morgan fingerprint density at radius 2 is 1.94 bits per heavy atom. The largest absolute Gasteiger partial charge is 0.495 e. The predicted molar refractivity (Wildman–Crippen MR) is 72.1 cm³/mol. The Kier molecular flexibility index (Phi) is 4.98. The van der Waals surface area contributed by atoms with Crippen LogP contribution in [0.5, 0.6) is 5.75 Å². The molecule has 1 rings (SSSR count). The number of sulfonamides is 1. The fraction of sp³-hybridized carbons (Fsp3) is 0.500. The van der Waals surface area contributed by atoms with Crippen LogP contribution in [0.1, 0.15) is 26.7 Å². The maximum absolute atomic E-state index is 12.2. The monoisotopic (exact) mass is 272 g/mol. The third kappa shape index (κ3) is 3.36. The molecule has 0 aromatic heterocycles. The first-order chi connectivity index (χ1) is 8.44. The molecule has 0 atom stereocenters. The van der Waals surface area contributed by atoms with Crippen LogP contribution in [0, 0.1) is 0 Å². The highest BCUT2D eigenvalue weighted by Gasteiger charge is 2.22. The van der Waals surface area contributed by atoms with Gasteiger partial charge in [-0.05, 0) is 31.0 Å². The van der Waals surface area contributed by atoms with E-state index in [1.807, 2.05) is 13.8 Å². The molecule has 0 saturated heterocycles. The van der Waals surface area contributed by atoms with Crippen molar-refractivity contribution < 1.29 is 13.2 Å². The molecule has 6 heteroatoms. The number of ether oxygens (including phenoxy) is 1. The Balaban J connectivity index is 3.15. The summed E-state index contributed by atoms with van der Waals surface area (Å²) in [4.78, 5) is 0.0805. The molecule has 0 aliphatic rings. The Morgan fingerprint density at radius 3 is 2.44 bits per heavy atom. The van der Waals surface area contributed by atoms with Gasteiger partial charge in [-0.25, -0.2) is 13.1 Å². The van der Waals surface area contributed by atoms with Crippen LogP contribution < -0.4 is 15.2 Å². The number of benzene rings is 1. The minimum atomic E-state index is -3.60. The first-order valence-corrected chi connectivity index (χ1v) is 7.38. The number of nitrogen functional groups attached to an aromatic ring is 1. The predicted octanol–water partition coefficient (Wildman–Crippen LogP) is 1.74. The van der Waals surface area contributed by atoms with Gasteiger partial charge in [0, 0.05) is 11.7 Å². The van der Waals surface area contributed by atoms with Gasteiger partial charge >= 0.3 is 0 Å². The topological polar surface area (TPSA) is 81.4 Å². The second-order valence-electron chi connectivity index (χ2n) is 4.05. The minimum Gasteiger partial charge on any atom is -0.495 e. The van der Waals surface area contributed by atoms with Gasteiger partial charge in [0.1, 0.15) is 10.6 Å². The molecule has 0 spiro atoms. The number of methoxy groups -OCH3 is 1. The van der Waals surface area contributed by atoms with Crippen molar-refractivity contribution in [3.63, 3.8) is 0 Å². The van der Waals surface area contributed by atoms with Gasteiger partial charge in [-0.1, -0.05) is 13.8 Å². The lowest BCUT2D eigenvalue weighted by atomic mass is 10.2. The molecule has 1 aromatic rings. The Bertz CT molecular complexity index is 496. The summed E-state index contributed by atoms with van der Waals surface area (Å²) in [7, 11) is -2.17. The molecule has 5 nitrogen and oxygen atoms in total. The lowest BCUT2D eigenvalue weighted by molar-refractivity contribution is 0.402. The third-order valence-corrected chi connectivity index (χ3v) is 4.33. The minimum absolute atomic E-state index is 0.0805. The summed E-state index contributed by atoms with van der Waals surface area (Å²) >= 11 is 0. The second kappa shape index (κ2) is 6.06. The van der Waals surface area contributed by atoms with Gasteiger partial charge in [0.05, 0.1) is 7.11 Å². The molecule has 3 N–H and O–H groups in total. The first-order valence-electron chi connectivity index (χ1n) is 5.90. The van der Waals surface area contributed by atoms with Crippen LogP contribution in [-0.4, -0.2) is 21.6 Å². The van der Waals surface area contributed by atoms with Crippen LogP contribution in [0.2, 0.25) is 0 Å². The summed E-state index contributed by atoms with van der Waals surface area (Å²) < 4.78 is 32.2. The fourth-order valence-electron chi connectivity index (χ4n) is 1.64. The van der Waals surface area contributed by atoms with Crippen LogP contribution in [0.15, 0.2) is 23.1 Å². The number of nitrogens with one attached hydrogen (secondary N) is 1. The Hall–Kier alpha value is -1.27. The summed E-state index contributed by atoms with van der Waals surface area (Å²) in [5.74, 6) is 0.294. The lowest BCUT2D eigenvalue weighted by Gasteiger charge is -2.16. The number of nitrogens with two attached hydrogens (primary N) is 1. The van der Waals surface area contributed by atoms with E-state index in [1.165, 1.54) is 13.2 Å². The van der Waals surface area contributed by atoms with E-state index in [0.717, 1.165) is 12.8 Å². The van der Waals surface area contributed by atoms with E-state index in [0.29, 0.717) is 11.4 Å². The fourth-order valence-corrected chi connectivity index (χ4v) is 3.25. The average molecular weight is 272 g/mol. The second-order valence-corrected chi connectivity index (χ2v) is 5.73. The van der Waals surface area contributed by atoms with Gasteiger partial charge in [-0.3, -0.25) is 0 Å². The van der Waals surface area contributed by atoms with Crippen LogP contribution in [0.25, 0.3) is 0 Å². The molecular formula is C12H20N2O3S. The summed E-state index contributed by atoms with van der Waals surface area (Å²) in [6.07, 6.45) is 1.47. The zero-order chi connectivity index (χ0) is 13.8. The molecule has 0 aliphatic carbocycles. The van der Waals surface area contributed by atoms with Crippen molar-refractivity contribution in [3.05, 3.63) is 18.2 Å². The molecule has 0 radical (unpaired) electrons. The summed E-state index contributed by atoms with van der Waals surface area (Å²) in [6.45, 7) is 3.88. The highest BCUT2D eigenvalue weighted by molar-refractivity contribution is 7.89. The van der Waals surface area contributed by atoms with Gasteiger partial charge in [0.15, 0.2) is 0 Å². The Labute approximate surface area is 108 Å². The van der Waals surface area contributed by atoms with Crippen LogP contribution >= 0.6 is 0 Å². The maximum atomic E-state index is 12.2. The molecule has 0 aliphatic heterocycles. The van der Waals surface area contributed by atoms with E-state index in [1.54, 1.807) is 12.1 Å². The quantitative estimate of drug-likeness (QED) is 0.773. The highest BCUT2D eigenvalue weighted by atomic mass is 32.2. The molecular weight excluding hydrogens is 252 g/mol. The van der Waals surface area contributed by atoms with Crippen LogP contribution in [0.3, 0.4) is 0 Å². The first kappa shape index (κ1) is 14.8. The lowest BCUT2D eigenvalue weighted by Crippen LogP contribution is -2.34. The van der Waals surface area contributed by atoms with E-state index in [-0.39, 0.29) is 10.9 Å². The third-order valence-electron chi connectivity index (χ3n) is 2.78. The summed E-state index contributed by atoms with van der Waals surface area (Å²) in [5, 5.41) is 0. The van der Waals surface area contributed by atoms with E-state index < -0.39 is 10.0 Å². The smallest absolute Gasteiger partial charge is 0.244 e. The van der Waals surface area contributed by atoms with Crippen molar-refractivity contribution in [2.24, 2.45) is 0 Å². The molecule has 0 bridgehead atoms. The number of rotatable bonds is 6. The van der Waals surface area contributed by atoms with Gasteiger partial charge < -0.3 is 10.5 Å². The normalized spacial score (nSPS) is 11.8. The van der Waals surface area contributed by atoms with E-state index in [4.69, 9.17) is 10.5 Å². The molecule has 0 fully saturated rings. The van der Waals surface area contributed by atoms with Crippen molar-refractivity contribution in [3.8, 4) is 5.75 Å². The van der Waals surface area contributed by atoms with E-state index in [9.17, 15) is 8.42 Å². The van der Waals surface area contributed by atoms with Crippen molar-refractivity contribution in [2.75, 3.05) is 12.8 Å².